The second kappa shape index (κ2) is 7.85. The number of benzene rings is 3. The molecule has 0 spiro atoms. The molecule has 1 aliphatic rings. The minimum atomic E-state index is -0.841. The number of Topliss-reactive ketones (excluding diaryl/α,β-unsaturated/α-hetero) is 1. The minimum absolute atomic E-state index is 0.186. The molecule has 142 valence electrons. The van der Waals surface area contributed by atoms with Gasteiger partial charge in [0.05, 0.1) is 0 Å². The summed E-state index contributed by atoms with van der Waals surface area (Å²) >= 11 is 0. The Kier molecular flexibility index (Phi) is 5.11. The molecule has 3 aromatic rings. The number of ketones is 1. The molecule has 3 aromatic carbocycles. The smallest absolute Gasteiger partial charge is 0.344 e. The zero-order valence-electron chi connectivity index (χ0n) is 15.8. The predicted molar refractivity (Wildman–Crippen MR) is 108 cm³/mol. The van der Waals surface area contributed by atoms with Crippen LogP contribution in [0.1, 0.15) is 34.8 Å². The van der Waals surface area contributed by atoms with Gasteiger partial charge in [0.25, 0.3) is 0 Å². The van der Waals surface area contributed by atoms with Crippen molar-refractivity contribution in [3.05, 3.63) is 77.4 Å². The lowest BCUT2D eigenvalue weighted by Crippen LogP contribution is -2.27. The average molecular weight is 374 g/mol. The van der Waals surface area contributed by atoms with Crippen LogP contribution in [0.15, 0.2) is 60.7 Å². The van der Waals surface area contributed by atoms with Gasteiger partial charge in [-0.2, -0.15) is 0 Å². The van der Waals surface area contributed by atoms with Gasteiger partial charge in [-0.15, -0.1) is 0 Å². The molecule has 4 heteroatoms. The number of carbonyl (C=O) groups excluding carboxylic acids is 2. The van der Waals surface area contributed by atoms with Gasteiger partial charge in [-0.1, -0.05) is 42.5 Å². The molecule has 0 aromatic heterocycles. The molecule has 28 heavy (non-hydrogen) atoms. The molecule has 0 saturated carbocycles. The highest BCUT2D eigenvalue weighted by atomic mass is 16.6. The number of fused-ring (bicyclic) bond motifs is 2. The first-order valence-electron chi connectivity index (χ1n) is 9.57. The van der Waals surface area contributed by atoms with Crippen LogP contribution in [0.4, 0.5) is 0 Å². The van der Waals surface area contributed by atoms with Gasteiger partial charge in [0.15, 0.2) is 12.7 Å². The van der Waals surface area contributed by atoms with E-state index < -0.39 is 12.1 Å². The molecular formula is C24H22O4. The number of hydrogen-bond acceptors (Lipinski definition) is 4. The van der Waals surface area contributed by atoms with Crippen LogP contribution in [-0.2, 0) is 22.4 Å². The molecule has 0 N–H and O–H groups in total. The lowest BCUT2D eigenvalue weighted by Gasteiger charge is -2.14. The maximum atomic E-state index is 12.6. The van der Waals surface area contributed by atoms with Gasteiger partial charge in [0, 0.05) is 5.56 Å². The fourth-order valence-corrected chi connectivity index (χ4v) is 3.64. The van der Waals surface area contributed by atoms with Crippen molar-refractivity contribution in [1.82, 2.24) is 0 Å². The molecule has 0 fully saturated rings. The van der Waals surface area contributed by atoms with Crippen molar-refractivity contribution in [1.29, 1.82) is 0 Å². The van der Waals surface area contributed by atoms with Crippen molar-refractivity contribution in [3.63, 3.8) is 0 Å². The van der Waals surface area contributed by atoms with Crippen LogP contribution in [0, 0.1) is 0 Å². The summed E-state index contributed by atoms with van der Waals surface area (Å²) in [6, 6.07) is 19.3. The van der Waals surface area contributed by atoms with E-state index in [1.807, 2.05) is 60.7 Å². The van der Waals surface area contributed by atoms with Crippen LogP contribution in [0.5, 0.6) is 5.75 Å². The van der Waals surface area contributed by atoms with Crippen LogP contribution < -0.4 is 4.74 Å². The number of rotatable bonds is 6. The van der Waals surface area contributed by atoms with Crippen LogP contribution in [0.2, 0.25) is 0 Å². The summed E-state index contributed by atoms with van der Waals surface area (Å²) in [5.74, 6) is -0.155. The first kappa shape index (κ1) is 18.2. The summed E-state index contributed by atoms with van der Waals surface area (Å²) < 4.78 is 10.8. The summed E-state index contributed by atoms with van der Waals surface area (Å²) in [4.78, 5) is 24.7. The van der Waals surface area contributed by atoms with Crippen molar-refractivity contribution < 1.29 is 19.1 Å². The second-order valence-electron chi connectivity index (χ2n) is 7.13. The van der Waals surface area contributed by atoms with E-state index >= 15 is 0 Å². The molecule has 4 nitrogen and oxygen atoms in total. The van der Waals surface area contributed by atoms with Gasteiger partial charge in [-0.3, -0.25) is 4.79 Å². The Bertz CT molecular complexity index is 1040. The predicted octanol–water partition coefficient (Wildman–Crippen LogP) is 4.52. The topological polar surface area (TPSA) is 52.6 Å². The Morgan fingerprint density at radius 3 is 2.57 bits per heavy atom. The third-order valence-electron chi connectivity index (χ3n) is 5.14. The lowest BCUT2D eigenvalue weighted by molar-refractivity contribution is -0.148. The van der Waals surface area contributed by atoms with Crippen LogP contribution >= 0.6 is 0 Å². The van der Waals surface area contributed by atoms with Crippen molar-refractivity contribution in [2.24, 2.45) is 0 Å². The molecule has 1 atom stereocenters. The van der Waals surface area contributed by atoms with E-state index in [4.69, 9.17) is 9.47 Å². The highest BCUT2D eigenvalue weighted by Crippen LogP contribution is 2.24. The van der Waals surface area contributed by atoms with E-state index in [1.54, 1.807) is 6.92 Å². The van der Waals surface area contributed by atoms with Crippen LogP contribution in [-0.4, -0.2) is 24.5 Å². The van der Waals surface area contributed by atoms with E-state index in [0.717, 1.165) is 30.0 Å². The highest BCUT2D eigenvalue weighted by Gasteiger charge is 2.21. The molecule has 0 saturated heterocycles. The lowest BCUT2D eigenvalue weighted by atomic mass is 10.0. The standard InChI is InChI=1S/C24H22O4/c1-16(24(26)21-10-9-18-7-4-8-19(18)13-21)28-23(25)15-27-22-12-11-17-5-2-3-6-20(17)14-22/h2-3,5-6,9-14,16H,4,7-8,15H2,1H3/t16-/m0/s1. The van der Waals surface area contributed by atoms with E-state index in [2.05, 4.69) is 0 Å². The molecule has 0 aliphatic heterocycles. The Balaban J connectivity index is 1.34. The number of esters is 1. The van der Waals surface area contributed by atoms with Crippen molar-refractivity contribution >= 4 is 22.5 Å². The highest BCUT2D eigenvalue weighted by molar-refractivity contribution is 6.00. The zero-order valence-corrected chi connectivity index (χ0v) is 15.8. The first-order valence-corrected chi connectivity index (χ1v) is 9.57. The summed E-state index contributed by atoms with van der Waals surface area (Å²) in [5.41, 5.74) is 3.13. The van der Waals surface area contributed by atoms with Gasteiger partial charge < -0.3 is 9.47 Å². The molecule has 0 amide bonds. The monoisotopic (exact) mass is 374 g/mol. The Morgan fingerprint density at radius 2 is 1.71 bits per heavy atom. The van der Waals surface area contributed by atoms with Gasteiger partial charge in [-0.05, 0) is 66.3 Å². The maximum Gasteiger partial charge on any atom is 0.344 e. The quantitative estimate of drug-likeness (QED) is 0.470. The molecule has 0 bridgehead atoms. The van der Waals surface area contributed by atoms with Crippen molar-refractivity contribution in [2.45, 2.75) is 32.3 Å². The molecule has 0 radical (unpaired) electrons. The SMILES string of the molecule is C[C@H](OC(=O)COc1ccc2ccccc2c1)C(=O)c1ccc2c(c1)CCC2. The molecular weight excluding hydrogens is 352 g/mol. The summed E-state index contributed by atoms with van der Waals surface area (Å²) in [5, 5.41) is 2.14. The van der Waals surface area contributed by atoms with Crippen molar-refractivity contribution in [2.75, 3.05) is 6.61 Å². The Morgan fingerprint density at radius 1 is 0.929 bits per heavy atom. The second-order valence-corrected chi connectivity index (χ2v) is 7.13. The largest absolute Gasteiger partial charge is 0.482 e. The van der Waals surface area contributed by atoms with E-state index in [9.17, 15) is 9.59 Å². The maximum absolute atomic E-state index is 12.6. The summed E-state index contributed by atoms with van der Waals surface area (Å²) in [6.45, 7) is 1.36. The Hall–Kier alpha value is -3.14. The van der Waals surface area contributed by atoms with Crippen LogP contribution in [0.3, 0.4) is 0 Å². The fourth-order valence-electron chi connectivity index (χ4n) is 3.64. The van der Waals surface area contributed by atoms with Gasteiger partial charge >= 0.3 is 5.97 Å². The van der Waals surface area contributed by atoms with Gasteiger partial charge in [0.2, 0.25) is 5.78 Å². The summed E-state index contributed by atoms with van der Waals surface area (Å²) in [6.07, 6.45) is 2.36. The minimum Gasteiger partial charge on any atom is -0.482 e. The number of ether oxygens (including phenoxy) is 2. The average Bonchev–Trinajstić information content (AvgIpc) is 3.19. The van der Waals surface area contributed by atoms with E-state index in [0.29, 0.717) is 11.3 Å². The van der Waals surface area contributed by atoms with Crippen LogP contribution in [0.25, 0.3) is 10.8 Å². The molecule has 1 aliphatic carbocycles. The van der Waals surface area contributed by atoms with E-state index in [-0.39, 0.29) is 12.4 Å². The first-order chi connectivity index (χ1) is 13.6. The number of hydrogen-bond donors (Lipinski definition) is 0. The van der Waals surface area contributed by atoms with Gasteiger partial charge in [0.1, 0.15) is 5.75 Å². The van der Waals surface area contributed by atoms with Crippen molar-refractivity contribution in [3.8, 4) is 5.75 Å². The third-order valence-corrected chi connectivity index (χ3v) is 5.14. The van der Waals surface area contributed by atoms with Gasteiger partial charge in [-0.25, -0.2) is 4.79 Å². The third kappa shape index (κ3) is 3.91. The summed E-state index contributed by atoms with van der Waals surface area (Å²) in [7, 11) is 0. The zero-order chi connectivity index (χ0) is 19.5. The molecule has 4 rings (SSSR count). The number of aryl methyl sites for hydroxylation is 2. The normalized spacial score (nSPS) is 13.8. The van der Waals surface area contributed by atoms with E-state index in [1.165, 1.54) is 11.1 Å². The fraction of sp³-hybridized carbons (Fsp3) is 0.250. The number of carbonyl (C=O) groups is 2. The Labute approximate surface area is 164 Å². The molecule has 0 heterocycles. The molecule has 0 unspecified atom stereocenters.